The van der Waals surface area contributed by atoms with Crippen molar-refractivity contribution in [2.45, 2.75) is 6.42 Å². The van der Waals surface area contributed by atoms with Crippen LogP contribution in [0.3, 0.4) is 0 Å². The number of anilines is 1. The van der Waals surface area contributed by atoms with Crippen LogP contribution in [0.4, 0.5) is 10.1 Å². The Labute approximate surface area is 91.8 Å². The molecule has 0 radical (unpaired) electrons. The standard InChI is InChI=1S/C8H5Br2FN2/c9-7-4(1-2-12)5(11)3-6(13)8(7)10/h3H,1,13H2. The van der Waals surface area contributed by atoms with E-state index in [1.54, 1.807) is 0 Å². The molecule has 0 saturated heterocycles. The van der Waals surface area contributed by atoms with E-state index in [4.69, 9.17) is 11.0 Å². The SMILES string of the molecule is N#CCc1c(F)cc(N)c(Br)c1Br. The van der Waals surface area contributed by atoms with Crippen molar-refractivity contribution < 1.29 is 4.39 Å². The molecule has 13 heavy (non-hydrogen) atoms. The molecule has 0 aliphatic carbocycles. The Balaban J connectivity index is 3.36. The van der Waals surface area contributed by atoms with Crippen molar-refractivity contribution in [1.29, 1.82) is 5.26 Å². The van der Waals surface area contributed by atoms with Crippen LogP contribution in [0.1, 0.15) is 5.56 Å². The van der Waals surface area contributed by atoms with Gasteiger partial charge in [-0.25, -0.2) is 4.39 Å². The molecule has 0 aliphatic heterocycles. The summed E-state index contributed by atoms with van der Waals surface area (Å²) in [4.78, 5) is 0. The van der Waals surface area contributed by atoms with Crippen molar-refractivity contribution in [3.8, 4) is 6.07 Å². The van der Waals surface area contributed by atoms with Crippen LogP contribution in [0.15, 0.2) is 15.0 Å². The number of nitrogens with two attached hydrogens (primary N) is 1. The zero-order valence-electron chi connectivity index (χ0n) is 6.44. The number of hydrogen-bond acceptors (Lipinski definition) is 2. The summed E-state index contributed by atoms with van der Waals surface area (Å²) in [6, 6.07) is 3.08. The van der Waals surface area contributed by atoms with Gasteiger partial charge < -0.3 is 5.73 Å². The molecule has 0 amide bonds. The van der Waals surface area contributed by atoms with E-state index >= 15 is 0 Å². The Morgan fingerprint density at radius 1 is 1.46 bits per heavy atom. The number of nitriles is 1. The monoisotopic (exact) mass is 306 g/mol. The number of rotatable bonds is 1. The van der Waals surface area contributed by atoms with Gasteiger partial charge >= 0.3 is 0 Å². The summed E-state index contributed by atoms with van der Waals surface area (Å²) in [7, 11) is 0. The second-order valence-corrected chi connectivity index (χ2v) is 3.98. The smallest absolute Gasteiger partial charge is 0.130 e. The van der Waals surface area contributed by atoms with Crippen LogP contribution < -0.4 is 5.73 Å². The maximum atomic E-state index is 13.2. The second-order valence-electron chi connectivity index (χ2n) is 2.39. The van der Waals surface area contributed by atoms with Gasteiger partial charge in [0.2, 0.25) is 0 Å². The molecule has 1 rings (SSSR count). The molecule has 2 nitrogen and oxygen atoms in total. The van der Waals surface area contributed by atoms with Crippen LogP contribution in [0, 0.1) is 17.1 Å². The number of hydrogen-bond donors (Lipinski definition) is 1. The Kier molecular flexibility index (Phi) is 3.28. The van der Waals surface area contributed by atoms with Gasteiger partial charge in [-0.1, -0.05) is 0 Å². The Morgan fingerprint density at radius 2 is 2.08 bits per heavy atom. The fourth-order valence-electron chi connectivity index (χ4n) is 0.892. The van der Waals surface area contributed by atoms with Crippen molar-refractivity contribution in [3.05, 3.63) is 26.4 Å². The molecule has 2 N–H and O–H groups in total. The largest absolute Gasteiger partial charge is 0.398 e. The Morgan fingerprint density at radius 3 is 2.62 bits per heavy atom. The highest BCUT2D eigenvalue weighted by Gasteiger charge is 2.12. The number of benzene rings is 1. The highest BCUT2D eigenvalue weighted by Crippen LogP contribution is 2.33. The van der Waals surface area contributed by atoms with Crippen molar-refractivity contribution in [2.75, 3.05) is 5.73 Å². The lowest BCUT2D eigenvalue weighted by Gasteiger charge is -2.06. The summed E-state index contributed by atoms with van der Waals surface area (Å²) in [6.45, 7) is 0. The van der Waals surface area contributed by atoms with Gasteiger partial charge in [0.15, 0.2) is 0 Å². The highest BCUT2D eigenvalue weighted by molar-refractivity contribution is 9.13. The quantitative estimate of drug-likeness (QED) is 0.640. The molecule has 1 aromatic rings. The van der Waals surface area contributed by atoms with Crippen molar-refractivity contribution in [3.63, 3.8) is 0 Å². The average molecular weight is 308 g/mol. The molecule has 1 aromatic carbocycles. The third-order valence-corrected chi connectivity index (χ3v) is 3.80. The molecule has 0 atom stereocenters. The zero-order chi connectivity index (χ0) is 10.0. The fraction of sp³-hybridized carbons (Fsp3) is 0.125. The van der Waals surface area contributed by atoms with E-state index in [-0.39, 0.29) is 6.42 Å². The van der Waals surface area contributed by atoms with E-state index in [9.17, 15) is 4.39 Å². The molecule has 0 aliphatic rings. The highest BCUT2D eigenvalue weighted by atomic mass is 79.9. The first-order valence-electron chi connectivity index (χ1n) is 3.36. The summed E-state index contributed by atoms with van der Waals surface area (Å²) in [5.41, 5.74) is 6.12. The van der Waals surface area contributed by atoms with Gasteiger partial charge in [-0.3, -0.25) is 0 Å². The first-order valence-corrected chi connectivity index (χ1v) is 4.95. The van der Waals surface area contributed by atoms with Crippen LogP contribution in [0.5, 0.6) is 0 Å². The summed E-state index contributed by atoms with van der Waals surface area (Å²) < 4.78 is 14.3. The zero-order valence-corrected chi connectivity index (χ0v) is 9.61. The van der Waals surface area contributed by atoms with Gasteiger partial charge in [0.05, 0.1) is 17.0 Å². The van der Waals surface area contributed by atoms with Crippen molar-refractivity contribution >= 4 is 37.5 Å². The van der Waals surface area contributed by atoms with Crippen LogP contribution in [0.25, 0.3) is 0 Å². The predicted octanol–water partition coefficient (Wildman–Crippen LogP) is 3.00. The van der Waals surface area contributed by atoms with Gasteiger partial charge in [0.1, 0.15) is 5.82 Å². The third kappa shape index (κ3) is 2.01. The van der Waals surface area contributed by atoms with Crippen LogP contribution >= 0.6 is 31.9 Å². The molecule has 0 fully saturated rings. The lowest BCUT2D eigenvalue weighted by atomic mass is 10.1. The lowest BCUT2D eigenvalue weighted by Crippen LogP contribution is -1.96. The van der Waals surface area contributed by atoms with Crippen LogP contribution in [-0.4, -0.2) is 0 Å². The first kappa shape index (κ1) is 10.5. The molecular weight excluding hydrogens is 303 g/mol. The minimum absolute atomic E-state index is 0.0191. The summed E-state index contributed by atoms with van der Waals surface area (Å²) in [5.74, 6) is -0.464. The maximum Gasteiger partial charge on any atom is 0.130 e. The van der Waals surface area contributed by atoms with E-state index in [1.165, 1.54) is 6.07 Å². The van der Waals surface area contributed by atoms with Gasteiger partial charge in [-0.05, 0) is 37.9 Å². The lowest BCUT2D eigenvalue weighted by molar-refractivity contribution is 0.614. The first-order chi connectivity index (χ1) is 6.07. The van der Waals surface area contributed by atoms with E-state index in [1.807, 2.05) is 6.07 Å². The normalized spacial score (nSPS) is 9.69. The van der Waals surface area contributed by atoms with Gasteiger partial charge in [0.25, 0.3) is 0 Å². The Bertz CT molecular complexity index is 385. The molecule has 0 heterocycles. The summed E-state index contributed by atoms with van der Waals surface area (Å²) in [5, 5.41) is 8.44. The predicted molar refractivity (Wildman–Crippen MR) is 55.5 cm³/mol. The molecular formula is C8H5Br2FN2. The summed E-state index contributed by atoms with van der Waals surface area (Å²) in [6.07, 6.45) is 0.0191. The molecule has 0 bridgehead atoms. The fourth-order valence-corrected chi connectivity index (χ4v) is 1.80. The number of nitrogen functional groups attached to an aromatic ring is 1. The van der Waals surface area contributed by atoms with Crippen LogP contribution in [-0.2, 0) is 6.42 Å². The van der Waals surface area contributed by atoms with Gasteiger partial charge in [-0.2, -0.15) is 5.26 Å². The number of halogens is 3. The van der Waals surface area contributed by atoms with Crippen LogP contribution in [0.2, 0.25) is 0 Å². The Hall–Kier alpha value is -0.600. The van der Waals surface area contributed by atoms with Gasteiger partial charge in [0, 0.05) is 15.7 Å². The van der Waals surface area contributed by atoms with E-state index < -0.39 is 5.82 Å². The molecule has 0 saturated carbocycles. The molecule has 5 heteroatoms. The topological polar surface area (TPSA) is 49.8 Å². The molecule has 0 spiro atoms. The van der Waals surface area contributed by atoms with E-state index in [2.05, 4.69) is 31.9 Å². The third-order valence-electron chi connectivity index (χ3n) is 1.54. The van der Waals surface area contributed by atoms with Gasteiger partial charge in [-0.15, -0.1) is 0 Å². The number of nitrogens with zero attached hydrogens (tertiary/aromatic N) is 1. The van der Waals surface area contributed by atoms with Crippen molar-refractivity contribution in [2.24, 2.45) is 0 Å². The maximum absolute atomic E-state index is 13.2. The van der Waals surface area contributed by atoms with Crippen molar-refractivity contribution in [1.82, 2.24) is 0 Å². The average Bonchev–Trinajstić information content (AvgIpc) is 2.09. The van der Waals surface area contributed by atoms with E-state index in [0.717, 1.165) is 0 Å². The van der Waals surface area contributed by atoms with E-state index in [0.29, 0.717) is 20.2 Å². The molecule has 0 aromatic heterocycles. The molecule has 68 valence electrons. The minimum Gasteiger partial charge on any atom is -0.398 e. The molecule has 0 unspecified atom stereocenters. The minimum atomic E-state index is -0.464. The summed E-state index contributed by atoms with van der Waals surface area (Å²) >= 11 is 6.35. The second kappa shape index (κ2) is 4.07.